The number of piperidine rings is 3. The van der Waals surface area contributed by atoms with Crippen LogP contribution >= 0.6 is 0 Å². The van der Waals surface area contributed by atoms with E-state index < -0.39 is 11.6 Å². The number of hydrogen-bond acceptors (Lipinski definition) is 3. The van der Waals surface area contributed by atoms with Gasteiger partial charge in [-0.1, -0.05) is 48.5 Å². The first kappa shape index (κ1) is 19.6. The van der Waals surface area contributed by atoms with Crippen LogP contribution in [-0.4, -0.2) is 53.0 Å². The molecule has 5 nitrogen and oxygen atoms in total. The van der Waals surface area contributed by atoms with Crippen molar-refractivity contribution < 1.29 is 14.7 Å². The molecule has 0 spiro atoms. The highest BCUT2D eigenvalue weighted by Crippen LogP contribution is 2.38. The van der Waals surface area contributed by atoms with E-state index in [1.165, 1.54) is 0 Å². The molecule has 0 radical (unpaired) electrons. The summed E-state index contributed by atoms with van der Waals surface area (Å²) in [7, 11) is 0. The van der Waals surface area contributed by atoms with Crippen molar-refractivity contribution in [1.82, 2.24) is 9.80 Å². The second kappa shape index (κ2) is 7.64. The third-order valence-corrected chi connectivity index (χ3v) is 6.73. The molecular weight excluding hydrogens is 364 g/mol. The number of aldehydes is 1. The number of rotatable bonds is 5. The summed E-state index contributed by atoms with van der Waals surface area (Å²) in [5.41, 5.74) is 3.11. The van der Waals surface area contributed by atoms with Crippen molar-refractivity contribution in [2.75, 3.05) is 19.6 Å². The van der Waals surface area contributed by atoms with E-state index in [0.29, 0.717) is 11.5 Å². The SMILES string of the molecule is CC(C)(c1ccc(-c2ccc(C=O)cc2)cc1)N(C(=O)O)C1CN2CCC1CC2. The van der Waals surface area contributed by atoms with Crippen molar-refractivity contribution in [3.8, 4) is 11.1 Å². The van der Waals surface area contributed by atoms with Crippen molar-refractivity contribution in [3.63, 3.8) is 0 Å². The summed E-state index contributed by atoms with van der Waals surface area (Å²) < 4.78 is 0. The predicted molar refractivity (Wildman–Crippen MR) is 113 cm³/mol. The zero-order valence-electron chi connectivity index (χ0n) is 17.0. The molecule has 5 rings (SSSR count). The van der Waals surface area contributed by atoms with E-state index in [0.717, 1.165) is 55.5 Å². The van der Waals surface area contributed by atoms with Crippen LogP contribution < -0.4 is 0 Å². The largest absolute Gasteiger partial charge is 0.465 e. The first-order valence-electron chi connectivity index (χ1n) is 10.3. The number of nitrogens with zero attached hydrogens (tertiary/aromatic N) is 2. The molecule has 2 bridgehead atoms. The Hall–Kier alpha value is -2.66. The van der Waals surface area contributed by atoms with Gasteiger partial charge >= 0.3 is 6.09 Å². The molecule has 0 aromatic heterocycles. The van der Waals surface area contributed by atoms with Crippen LogP contribution in [-0.2, 0) is 5.54 Å². The van der Waals surface area contributed by atoms with E-state index in [1.807, 2.05) is 50.2 Å². The number of fused-ring (bicyclic) bond motifs is 3. The lowest BCUT2D eigenvalue weighted by atomic mass is 9.80. The monoisotopic (exact) mass is 392 g/mol. The topological polar surface area (TPSA) is 60.9 Å². The molecule has 1 N–H and O–H groups in total. The Kier molecular flexibility index (Phi) is 5.17. The fourth-order valence-corrected chi connectivity index (χ4v) is 4.99. The maximum absolute atomic E-state index is 12.3. The molecule has 3 saturated heterocycles. The summed E-state index contributed by atoms with van der Waals surface area (Å²) in [4.78, 5) is 27.3. The lowest BCUT2D eigenvalue weighted by Crippen LogP contribution is -2.62. The first-order valence-corrected chi connectivity index (χ1v) is 10.3. The standard InChI is InChI=1S/C24H28N2O3/c1-24(2,26(23(28)29)22-15-25-13-11-20(22)12-14-25)21-9-7-19(8-10-21)18-5-3-17(16-27)4-6-18/h3-10,16,20,22H,11-15H2,1-2H3,(H,28,29). The average Bonchev–Trinajstić information content (AvgIpc) is 2.74. The summed E-state index contributed by atoms with van der Waals surface area (Å²) in [5, 5.41) is 10.1. The van der Waals surface area contributed by atoms with E-state index in [4.69, 9.17) is 0 Å². The Labute approximate surface area is 171 Å². The number of carboxylic acid groups (broad SMARTS) is 1. The van der Waals surface area contributed by atoms with Gasteiger partial charge in [0, 0.05) is 12.1 Å². The maximum Gasteiger partial charge on any atom is 0.408 e. The summed E-state index contributed by atoms with van der Waals surface area (Å²) >= 11 is 0. The molecular formula is C24H28N2O3. The highest BCUT2D eigenvalue weighted by molar-refractivity contribution is 5.77. The summed E-state index contributed by atoms with van der Waals surface area (Å²) in [6.45, 7) is 7.03. The molecule has 3 aliphatic heterocycles. The van der Waals surface area contributed by atoms with E-state index >= 15 is 0 Å². The van der Waals surface area contributed by atoms with Crippen LogP contribution in [0.1, 0.15) is 42.6 Å². The van der Waals surface area contributed by atoms with Crippen molar-refractivity contribution in [1.29, 1.82) is 0 Å². The highest BCUT2D eigenvalue weighted by atomic mass is 16.4. The van der Waals surface area contributed by atoms with Gasteiger partial charge < -0.3 is 10.0 Å². The lowest BCUT2D eigenvalue weighted by Gasteiger charge is -2.52. The Morgan fingerprint density at radius 2 is 1.59 bits per heavy atom. The smallest absolute Gasteiger partial charge is 0.408 e. The number of carbonyl (C=O) groups is 2. The van der Waals surface area contributed by atoms with Gasteiger partial charge in [-0.15, -0.1) is 0 Å². The molecule has 152 valence electrons. The van der Waals surface area contributed by atoms with Gasteiger partial charge in [0.2, 0.25) is 0 Å². The van der Waals surface area contributed by atoms with Crippen LogP contribution in [0.2, 0.25) is 0 Å². The van der Waals surface area contributed by atoms with Gasteiger partial charge in [-0.25, -0.2) is 4.79 Å². The summed E-state index contributed by atoms with van der Waals surface area (Å²) in [6, 6.07) is 15.6. The normalized spacial score (nSPS) is 23.6. The minimum atomic E-state index is -0.845. The molecule has 2 aromatic carbocycles. The van der Waals surface area contributed by atoms with Crippen LogP contribution in [0.4, 0.5) is 4.79 Å². The molecule has 1 unspecified atom stereocenters. The Morgan fingerprint density at radius 3 is 2.03 bits per heavy atom. The van der Waals surface area contributed by atoms with Crippen molar-refractivity contribution >= 4 is 12.4 Å². The first-order chi connectivity index (χ1) is 13.9. The van der Waals surface area contributed by atoms with Gasteiger partial charge in [0.1, 0.15) is 6.29 Å². The molecule has 5 heteroatoms. The molecule has 3 heterocycles. The van der Waals surface area contributed by atoms with Gasteiger partial charge in [0.05, 0.1) is 11.6 Å². The molecule has 1 atom stereocenters. The zero-order chi connectivity index (χ0) is 20.6. The number of amides is 1. The summed E-state index contributed by atoms with van der Waals surface area (Å²) in [6.07, 6.45) is 2.16. The molecule has 3 fully saturated rings. The molecule has 2 aromatic rings. The van der Waals surface area contributed by atoms with Gasteiger partial charge in [-0.05, 0) is 62.4 Å². The van der Waals surface area contributed by atoms with E-state index in [1.54, 1.807) is 17.0 Å². The van der Waals surface area contributed by atoms with Crippen LogP contribution in [0.3, 0.4) is 0 Å². The number of carbonyl (C=O) groups excluding carboxylic acids is 1. The number of hydrogen-bond donors (Lipinski definition) is 1. The van der Waals surface area contributed by atoms with Crippen LogP contribution in [0.25, 0.3) is 11.1 Å². The fraction of sp³-hybridized carbons (Fsp3) is 0.417. The Balaban J connectivity index is 1.60. The molecule has 1 amide bonds. The Morgan fingerprint density at radius 1 is 1.03 bits per heavy atom. The number of benzene rings is 2. The van der Waals surface area contributed by atoms with Crippen molar-refractivity contribution in [2.24, 2.45) is 5.92 Å². The highest BCUT2D eigenvalue weighted by Gasteiger charge is 2.45. The van der Waals surface area contributed by atoms with Gasteiger partial charge in [0.25, 0.3) is 0 Å². The van der Waals surface area contributed by atoms with E-state index in [9.17, 15) is 14.7 Å². The van der Waals surface area contributed by atoms with Gasteiger partial charge in [0.15, 0.2) is 0 Å². The molecule has 0 aliphatic carbocycles. The van der Waals surface area contributed by atoms with E-state index in [2.05, 4.69) is 4.90 Å². The Bertz CT molecular complexity index is 881. The molecule has 3 aliphatic rings. The minimum absolute atomic E-state index is 0.0422. The maximum atomic E-state index is 12.3. The lowest BCUT2D eigenvalue weighted by molar-refractivity contribution is -0.0289. The van der Waals surface area contributed by atoms with Crippen molar-refractivity contribution in [2.45, 2.75) is 38.3 Å². The van der Waals surface area contributed by atoms with Gasteiger partial charge in [-0.2, -0.15) is 0 Å². The third-order valence-electron chi connectivity index (χ3n) is 6.73. The quantitative estimate of drug-likeness (QED) is 0.763. The van der Waals surface area contributed by atoms with Crippen molar-refractivity contribution in [3.05, 3.63) is 59.7 Å². The average molecular weight is 392 g/mol. The van der Waals surface area contributed by atoms with Crippen LogP contribution in [0.15, 0.2) is 48.5 Å². The molecule has 29 heavy (non-hydrogen) atoms. The third kappa shape index (κ3) is 3.67. The van der Waals surface area contributed by atoms with Gasteiger partial charge in [-0.3, -0.25) is 9.69 Å². The molecule has 0 saturated carbocycles. The second-order valence-corrected chi connectivity index (χ2v) is 8.73. The predicted octanol–water partition coefficient (Wildman–Crippen LogP) is 4.48. The zero-order valence-corrected chi connectivity index (χ0v) is 17.0. The minimum Gasteiger partial charge on any atom is -0.465 e. The van der Waals surface area contributed by atoms with E-state index in [-0.39, 0.29) is 6.04 Å². The summed E-state index contributed by atoms with van der Waals surface area (Å²) in [5.74, 6) is 0.450. The van der Waals surface area contributed by atoms with Crippen LogP contribution in [0, 0.1) is 5.92 Å². The second-order valence-electron chi connectivity index (χ2n) is 8.73. The fourth-order valence-electron chi connectivity index (χ4n) is 4.99. The van der Waals surface area contributed by atoms with Crippen LogP contribution in [0.5, 0.6) is 0 Å².